The summed E-state index contributed by atoms with van der Waals surface area (Å²) in [6.07, 6.45) is -4.46. The third-order valence-electron chi connectivity index (χ3n) is 3.25. The number of carbonyl (C=O) groups is 1. The Balaban J connectivity index is 1.99. The first-order chi connectivity index (χ1) is 11.2. The zero-order chi connectivity index (χ0) is 17.9. The third-order valence-corrected chi connectivity index (χ3v) is 3.85. The van der Waals surface area contributed by atoms with Gasteiger partial charge in [0, 0.05) is 10.7 Å². The minimum absolute atomic E-state index is 0.0573. The van der Waals surface area contributed by atoms with Crippen LogP contribution in [-0.2, 0) is 11.0 Å². The van der Waals surface area contributed by atoms with Gasteiger partial charge in [-0.3, -0.25) is 4.79 Å². The van der Waals surface area contributed by atoms with E-state index in [4.69, 9.17) is 16.3 Å². The first kappa shape index (κ1) is 18.1. The molecule has 0 aliphatic heterocycles. The Morgan fingerprint density at radius 1 is 1.17 bits per heavy atom. The molecule has 0 saturated heterocycles. The number of benzene rings is 2. The Morgan fingerprint density at radius 2 is 1.79 bits per heavy atom. The highest BCUT2D eigenvalue weighted by atomic mass is 35.5. The van der Waals surface area contributed by atoms with Gasteiger partial charge in [0.15, 0.2) is 6.61 Å². The molecule has 0 atom stereocenters. The minimum atomic E-state index is -4.46. The van der Waals surface area contributed by atoms with Gasteiger partial charge in [-0.25, -0.2) is 0 Å². The summed E-state index contributed by atoms with van der Waals surface area (Å²) in [7, 11) is 0. The molecule has 0 aliphatic rings. The third kappa shape index (κ3) is 4.64. The van der Waals surface area contributed by atoms with Crippen LogP contribution in [0.3, 0.4) is 0 Å². The van der Waals surface area contributed by atoms with Crippen LogP contribution in [0.1, 0.15) is 16.7 Å². The maximum Gasteiger partial charge on any atom is 0.416 e. The van der Waals surface area contributed by atoms with Crippen molar-refractivity contribution < 1.29 is 22.7 Å². The van der Waals surface area contributed by atoms with E-state index in [1.54, 1.807) is 12.1 Å². The lowest BCUT2D eigenvalue weighted by Gasteiger charge is -2.11. The van der Waals surface area contributed by atoms with Crippen LogP contribution < -0.4 is 10.1 Å². The number of amides is 1. The van der Waals surface area contributed by atoms with E-state index in [9.17, 15) is 18.0 Å². The topological polar surface area (TPSA) is 38.3 Å². The van der Waals surface area contributed by atoms with E-state index in [-0.39, 0.29) is 12.3 Å². The molecular formula is C17H15ClF3NO2. The lowest BCUT2D eigenvalue weighted by molar-refractivity contribution is -0.137. The standard InChI is InChI=1S/C17H15ClF3NO2/c1-10-6-14(7-11(2)16(10)18)24-9-15(23)22-13-5-3-4-12(8-13)17(19,20)21/h3-8H,9H2,1-2H3,(H,22,23). The molecule has 0 fully saturated rings. The van der Waals surface area contributed by atoms with Crippen molar-refractivity contribution in [2.75, 3.05) is 11.9 Å². The highest BCUT2D eigenvalue weighted by Gasteiger charge is 2.30. The van der Waals surface area contributed by atoms with Crippen molar-refractivity contribution >= 4 is 23.2 Å². The van der Waals surface area contributed by atoms with Crippen molar-refractivity contribution in [3.63, 3.8) is 0 Å². The lowest BCUT2D eigenvalue weighted by Crippen LogP contribution is -2.20. The van der Waals surface area contributed by atoms with Gasteiger partial charge in [0.1, 0.15) is 5.75 Å². The highest BCUT2D eigenvalue weighted by molar-refractivity contribution is 6.32. The molecule has 0 saturated carbocycles. The molecular weight excluding hydrogens is 343 g/mol. The zero-order valence-corrected chi connectivity index (χ0v) is 13.8. The number of alkyl halides is 3. The summed E-state index contributed by atoms with van der Waals surface area (Å²) in [6, 6.07) is 7.79. The predicted molar refractivity (Wildman–Crippen MR) is 86.5 cm³/mol. The van der Waals surface area contributed by atoms with Gasteiger partial charge in [0.2, 0.25) is 0 Å². The molecule has 1 amide bonds. The van der Waals surface area contributed by atoms with Crippen LogP contribution in [0.25, 0.3) is 0 Å². The smallest absolute Gasteiger partial charge is 0.416 e. The second-order valence-corrected chi connectivity index (χ2v) is 5.66. The Labute approximate surface area is 142 Å². The van der Waals surface area contributed by atoms with Gasteiger partial charge in [-0.2, -0.15) is 13.2 Å². The van der Waals surface area contributed by atoms with E-state index < -0.39 is 17.6 Å². The van der Waals surface area contributed by atoms with Crippen LogP contribution >= 0.6 is 11.6 Å². The van der Waals surface area contributed by atoms with Gasteiger partial charge >= 0.3 is 6.18 Å². The molecule has 0 bridgehead atoms. The Morgan fingerprint density at radius 3 is 2.38 bits per heavy atom. The summed E-state index contributed by atoms with van der Waals surface area (Å²) in [5.41, 5.74) is 0.849. The average molecular weight is 358 g/mol. The summed E-state index contributed by atoms with van der Waals surface area (Å²) < 4.78 is 43.3. The van der Waals surface area contributed by atoms with Crippen LogP contribution in [0.5, 0.6) is 5.75 Å². The summed E-state index contributed by atoms with van der Waals surface area (Å²) in [6.45, 7) is 3.30. The number of hydrogen-bond acceptors (Lipinski definition) is 2. The zero-order valence-electron chi connectivity index (χ0n) is 13.0. The van der Waals surface area contributed by atoms with Gasteiger partial charge in [-0.1, -0.05) is 17.7 Å². The quantitative estimate of drug-likeness (QED) is 0.836. The molecule has 3 nitrogen and oxygen atoms in total. The van der Waals surface area contributed by atoms with Crippen LogP contribution in [0.15, 0.2) is 36.4 Å². The normalized spacial score (nSPS) is 11.2. The first-order valence-corrected chi connectivity index (χ1v) is 7.41. The summed E-state index contributed by atoms with van der Waals surface area (Å²) in [4.78, 5) is 11.8. The van der Waals surface area contributed by atoms with Crippen molar-refractivity contribution in [1.29, 1.82) is 0 Å². The van der Waals surface area contributed by atoms with Crippen molar-refractivity contribution in [3.8, 4) is 5.75 Å². The average Bonchev–Trinajstić information content (AvgIpc) is 2.50. The Bertz CT molecular complexity index is 737. The largest absolute Gasteiger partial charge is 0.484 e. The molecule has 0 spiro atoms. The molecule has 2 aromatic rings. The number of carbonyl (C=O) groups excluding carboxylic acids is 1. The number of halogens is 4. The van der Waals surface area contributed by atoms with Crippen molar-refractivity contribution in [2.45, 2.75) is 20.0 Å². The Hall–Kier alpha value is -2.21. The molecule has 0 aliphatic carbocycles. The number of hydrogen-bond donors (Lipinski definition) is 1. The summed E-state index contributed by atoms with van der Waals surface area (Å²) in [5, 5.41) is 3.00. The monoisotopic (exact) mass is 357 g/mol. The predicted octanol–water partition coefficient (Wildman–Crippen LogP) is 4.99. The SMILES string of the molecule is Cc1cc(OCC(=O)Nc2cccc(C(F)(F)F)c2)cc(C)c1Cl. The Kier molecular flexibility index (Phi) is 5.39. The van der Waals surface area contributed by atoms with Gasteiger partial charge in [-0.05, 0) is 55.3 Å². The van der Waals surface area contributed by atoms with Crippen molar-refractivity contribution in [2.24, 2.45) is 0 Å². The molecule has 0 unspecified atom stereocenters. The molecule has 128 valence electrons. The van der Waals surface area contributed by atoms with Crippen molar-refractivity contribution in [1.82, 2.24) is 0 Å². The number of aryl methyl sites for hydroxylation is 2. The molecule has 0 heterocycles. The maximum atomic E-state index is 12.6. The number of ether oxygens (including phenoxy) is 1. The van der Waals surface area contributed by atoms with Crippen LogP contribution in [0, 0.1) is 13.8 Å². The fraction of sp³-hybridized carbons (Fsp3) is 0.235. The highest BCUT2D eigenvalue weighted by Crippen LogP contribution is 2.30. The minimum Gasteiger partial charge on any atom is -0.484 e. The van der Waals surface area contributed by atoms with E-state index >= 15 is 0 Å². The molecule has 1 N–H and O–H groups in total. The van der Waals surface area contributed by atoms with Crippen molar-refractivity contribution in [3.05, 3.63) is 58.1 Å². The number of rotatable bonds is 4. The molecule has 0 radical (unpaired) electrons. The van der Waals surface area contributed by atoms with Crippen LogP contribution in [0.2, 0.25) is 5.02 Å². The van der Waals surface area contributed by atoms with Crippen LogP contribution in [0.4, 0.5) is 18.9 Å². The summed E-state index contributed by atoms with van der Waals surface area (Å²) in [5.74, 6) is -0.0897. The second kappa shape index (κ2) is 7.13. The van der Waals surface area contributed by atoms with E-state index in [2.05, 4.69) is 5.32 Å². The lowest BCUT2D eigenvalue weighted by atomic mass is 10.1. The van der Waals surface area contributed by atoms with E-state index in [0.717, 1.165) is 23.3 Å². The van der Waals surface area contributed by atoms with Crippen LogP contribution in [-0.4, -0.2) is 12.5 Å². The maximum absolute atomic E-state index is 12.6. The van der Waals surface area contributed by atoms with E-state index in [1.165, 1.54) is 12.1 Å². The molecule has 7 heteroatoms. The molecule has 0 aromatic heterocycles. The number of nitrogens with one attached hydrogen (secondary N) is 1. The van der Waals surface area contributed by atoms with E-state index in [0.29, 0.717) is 10.8 Å². The van der Waals surface area contributed by atoms with Gasteiger partial charge in [-0.15, -0.1) is 0 Å². The van der Waals surface area contributed by atoms with E-state index in [1.807, 2.05) is 13.8 Å². The number of anilines is 1. The first-order valence-electron chi connectivity index (χ1n) is 7.03. The van der Waals surface area contributed by atoms with Gasteiger partial charge < -0.3 is 10.1 Å². The van der Waals surface area contributed by atoms with Gasteiger partial charge in [0.25, 0.3) is 5.91 Å². The molecule has 2 aromatic carbocycles. The summed E-state index contributed by atoms with van der Waals surface area (Å²) >= 11 is 6.04. The fourth-order valence-electron chi connectivity index (χ4n) is 2.11. The second-order valence-electron chi connectivity index (χ2n) is 5.29. The fourth-order valence-corrected chi connectivity index (χ4v) is 2.22. The van der Waals surface area contributed by atoms with Gasteiger partial charge in [0.05, 0.1) is 5.56 Å². The molecule has 2 rings (SSSR count). The molecule has 24 heavy (non-hydrogen) atoms.